The Kier molecular flexibility index (Phi) is 11.2. The van der Waals surface area contributed by atoms with E-state index in [0.29, 0.717) is 11.0 Å². The fourth-order valence-corrected chi connectivity index (χ4v) is 1.80. The Morgan fingerprint density at radius 1 is 0.839 bits per heavy atom. The highest BCUT2D eigenvalue weighted by Gasteiger charge is 2.39. The van der Waals surface area contributed by atoms with Gasteiger partial charge < -0.3 is 28.2 Å². The van der Waals surface area contributed by atoms with Gasteiger partial charge in [-0.05, 0) is 27.7 Å². The van der Waals surface area contributed by atoms with E-state index in [4.69, 9.17) is 23.7 Å². The zero-order valence-electron chi connectivity index (χ0n) is 19.5. The van der Waals surface area contributed by atoms with Crippen molar-refractivity contribution in [2.24, 2.45) is 5.41 Å². The summed E-state index contributed by atoms with van der Waals surface area (Å²) >= 11 is 0. The third kappa shape index (κ3) is 11.9. The molecule has 0 aromatic heterocycles. The van der Waals surface area contributed by atoms with Gasteiger partial charge in [0.15, 0.2) is 18.0 Å². The zero-order chi connectivity index (χ0) is 24.4. The minimum Gasteiger partial charge on any atom is -0.465 e. The minimum absolute atomic E-state index is 0.111. The number of carbonyl (C=O) groups excluding carboxylic acids is 5. The number of ketones is 1. The first-order valence-electron chi connectivity index (χ1n) is 9.73. The van der Waals surface area contributed by atoms with Crippen LogP contribution >= 0.6 is 0 Å². The Balaban J connectivity index is 4.90. The highest BCUT2D eigenvalue weighted by molar-refractivity contribution is 5.84. The molecule has 0 aromatic rings. The van der Waals surface area contributed by atoms with Crippen molar-refractivity contribution in [2.75, 3.05) is 47.5 Å². The van der Waals surface area contributed by atoms with Crippen LogP contribution in [0.2, 0.25) is 0 Å². The first kappa shape index (κ1) is 28.3. The molecule has 0 N–H and O–H groups in total. The summed E-state index contributed by atoms with van der Waals surface area (Å²) in [5.41, 5.74) is -1.48. The molecule has 0 heterocycles. The molecule has 0 fully saturated rings. The summed E-state index contributed by atoms with van der Waals surface area (Å²) in [6, 6.07) is 0. The van der Waals surface area contributed by atoms with Crippen molar-refractivity contribution in [3.8, 4) is 0 Å². The fourth-order valence-electron chi connectivity index (χ4n) is 1.80. The molecule has 0 aliphatic heterocycles. The van der Waals surface area contributed by atoms with Gasteiger partial charge in [0.25, 0.3) is 0 Å². The van der Waals surface area contributed by atoms with Gasteiger partial charge in [0.1, 0.15) is 31.8 Å². The molecule has 3 atom stereocenters. The number of nitrogens with zero attached hydrogens (tertiary/aromatic N) is 1. The maximum atomic E-state index is 12.5. The summed E-state index contributed by atoms with van der Waals surface area (Å²) in [7, 11) is 5.77. The second-order valence-corrected chi connectivity index (χ2v) is 8.48. The molecule has 1 unspecified atom stereocenters. The smallest absolute Gasteiger partial charge is 0.465 e. The maximum absolute atomic E-state index is 12.5. The number of hydrogen-bond acceptors (Lipinski definition) is 10. The van der Waals surface area contributed by atoms with Crippen LogP contribution in [0.15, 0.2) is 0 Å². The average molecular weight is 448 g/mol. The largest absolute Gasteiger partial charge is 0.509 e. The number of Topliss-reactive ketones (excluding diaryl/α,β-unsaturated/α-hetero) is 1. The number of hydrogen-bond donors (Lipinski definition) is 0. The van der Waals surface area contributed by atoms with Gasteiger partial charge in [-0.3, -0.25) is 14.4 Å². The van der Waals surface area contributed by atoms with Crippen LogP contribution in [0, 0.1) is 5.41 Å². The lowest BCUT2D eigenvalue weighted by molar-refractivity contribution is -0.870. The van der Waals surface area contributed by atoms with E-state index in [1.807, 2.05) is 21.1 Å². The lowest BCUT2D eigenvalue weighted by atomic mass is 9.93. The normalized spacial score (nSPS) is 15.0. The Morgan fingerprint density at radius 2 is 1.39 bits per heavy atom. The first-order valence-corrected chi connectivity index (χ1v) is 9.73. The van der Waals surface area contributed by atoms with Crippen molar-refractivity contribution < 1.29 is 52.1 Å². The van der Waals surface area contributed by atoms with Gasteiger partial charge >= 0.3 is 24.1 Å². The van der Waals surface area contributed by atoms with Gasteiger partial charge in [0.05, 0.1) is 21.1 Å². The summed E-state index contributed by atoms with van der Waals surface area (Å²) in [4.78, 5) is 58.6. The Bertz CT molecular complexity index is 669. The number of rotatable bonds is 12. The fraction of sp³-hybridized carbons (Fsp3) is 0.750. The molecular formula is C20H34NO10+. The predicted molar refractivity (Wildman–Crippen MR) is 107 cm³/mol. The summed E-state index contributed by atoms with van der Waals surface area (Å²) in [5, 5.41) is 0. The van der Waals surface area contributed by atoms with Crippen molar-refractivity contribution >= 4 is 29.8 Å². The van der Waals surface area contributed by atoms with Crippen molar-refractivity contribution in [1.29, 1.82) is 0 Å². The molecule has 0 radical (unpaired) electrons. The van der Waals surface area contributed by atoms with Crippen LogP contribution in [0.5, 0.6) is 0 Å². The van der Waals surface area contributed by atoms with Gasteiger partial charge in [-0.25, -0.2) is 9.59 Å². The molecular weight excluding hydrogens is 414 g/mol. The lowest BCUT2D eigenvalue weighted by Gasteiger charge is -2.28. The standard InChI is InChI=1S/C20H34NO10/c1-13(22)14(2)30-17(24)15(3)31-19(26)29-12-20(5,11-28-16(4)23)18(25)27-10-9-21(6,7)8/h14-15H,9-12H2,1-8H3/q+1/t14-,15-,20?/m0/s1. The van der Waals surface area contributed by atoms with Gasteiger partial charge in [0, 0.05) is 6.92 Å². The molecule has 0 rings (SSSR count). The third-order valence-electron chi connectivity index (χ3n) is 4.06. The molecule has 0 saturated carbocycles. The second-order valence-electron chi connectivity index (χ2n) is 8.48. The van der Waals surface area contributed by atoms with Crippen molar-refractivity contribution in [3.63, 3.8) is 0 Å². The van der Waals surface area contributed by atoms with Gasteiger partial charge in [-0.1, -0.05) is 0 Å². The van der Waals surface area contributed by atoms with Gasteiger partial charge in [-0.15, -0.1) is 0 Å². The Hall–Kier alpha value is -2.69. The quantitative estimate of drug-likeness (QED) is 0.241. The van der Waals surface area contributed by atoms with Gasteiger partial charge in [-0.2, -0.15) is 0 Å². The van der Waals surface area contributed by atoms with E-state index in [-0.39, 0.29) is 19.0 Å². The van der Waals surface area contributed by atoms with E-state index >= 15 is 0 Å². The van der Waals surface area contributed by atoms with E-state index in [2.05, 4.69) is 0 Å². The van der Waals surface area contributed by atoms with E-state index in [1.165, 1.54) is 34.6 Å². The minimum atomic E-state index is -1.48. The first-order chi connectivity index (χ1) is 14.1. The SMILES string of the molecule is CC(=O)OCC(C)(COC(=O)O[C@@H](C)C(=O)O[C@@H](C)C(C)=O)C(=O)OCC[N+](C)(C)C. The summed E-state index contributed by atoms with van der Waals surface area (Å²) in [5.74, 6) is -2.64. The van der Waals surface area contributed by atoms with Crippen LogP contribution in [0.4, 0.5) is 4.79 Å². The average Bonchev–Trinajstić information content (AvgIpc) is 2.63. The number of carbonyl (C=O) groups is 5. The zero-order valence-corrected chi connectivity index (χ0v) is 19.5. The summed E-state index contributed by atoms with van der Waals surface area (Å²) in [6.45, 7) is 6.21. The number of esters is 3. The molecule has 178 valence electrons. The second kappa shape index (κ2) is 12.2. The molecule has 0 aromatic carbocycles. The van der Waals surface area contributed by atoms with Crippen LogP contribution in [-0.2, 0) is 42.9 Å². The van der Waals surface area contributed by atoms with Gasteiger partial charge in [0.2, 0.25) is 0 Å². The highest BCUT2D eigenvalue weighted by atomic mass is 16.7. The number of ether oxygens (including phenoxy) is 5. The van der Waals surface area contributed by atoms with Crippen LogP contribution < -0.4 is 0 Å². The van der Waals surface area contributed by atoms with Crippen LogP contribution in [0.1, 0.15) is 34.6 Å². The van der Waals surface area contributed by atoms with E-state index in [0.717, 1.165) is 0 Å². The molecule has 0 amide bonds. The van der Waals surface area contributed by atoms with E-state index in [1.54, 1.807) is 0 Å². The number of quaternary nitrogens is 1. The Labute approximate surface area is 182 Å². The molecule has 31 heavy (non-hydrogen) atoms. The molecule has 0 bridgehead atoms. The van der Waals surface area contributed by atoms with Crippen molar-refractivity contribution in [2.45, 2.75) is 46.8 Å². The van der Waals surface area contributed by atoms with Crippen LogP contribution in [-0.4, -0.2) is 94.0 Å². The van der Waals surface area contributed by atoms with Crippen molar-refractivity contribution in [1.82, 2.24) is 0 Å². The molecule has 11 heteroatoms. The summed E-state index contributed by atoms with van der Waals surface area (Å²) in [6.07, 6.45) is -3.57. The topological polar surface area (TPSA) is 132 Å². The maximum Gasteiger partial charge on any atom is 0.509 e. The molecule has 0 aliphatic carbocycles. The van der Waals surface area contributed by atoms with E-state index < -0.39 is 48.3 Å². The number of likely N-dealkylation sites (N-methyl/N-ethyl adjacent to an activating group) is 1. The molecule has 0 saturated heterocycles. The van der Waals surface area contributed by atoms with E-state index in [9.17, 15) is 24.0 Å². The highest BCUT2D eigenvalue weighted by Crippen LogP contribution is 2.21. The van der Waals surface area contributed by atoms with Crippen LogP contribution in [0.3, 0.4) is 0 Å². The molecule has 0 spiro atoms. The third-order valence-corrected chi connectivity index (χ3v) is 4.06. The molecule has 0 aliphatic rings. The van der Waals surface area contributed by atoms with Crippen LogP contribution in [0.25, 0.3) is 0 Å². The lowest BCUT2D eigenvalue weighted by Crippen LogP contribution is -2.43. The van der Waals surface area contributed by atoms with Crippen molar-refractivity contribution in [3.05, 3.63) is 0 Å². The predicted octanol–water partition coefficient (Wildman–Crippen LogP) is 0.868. The molecule has 11 nitrogen and oxygen atoms in total. The summed E-state index contributed by atoms with van der Waals surface area (Å²) < 4.78 is 25.3. The Morgan fingerprint density at radius 3 is 1.87 bits per heavy atom. The monoisotopic (exact) mass is 448 g/mol.